The van der Waals surface area contributed by atoms with Crippen LogP contribution >= 0.6 is 12.4 Å². The van der Waals surface area contributed by atoms with Gasteiger partial charge in [0.25, 0.3) is 0 Å². The second-order valence-electron chi connectivity index (χ2n) is 5.53. The lowest BCUT2D eigenvalue weighted by molar-refractivity contribution is -0.121. The molecule has 0 radical (unpaired) electrons. The molecule has 2 unspecified atom stereocenters. The van der Waals surface area contributed by atoms with Crippen LogP contribution < -0.4 is 10.6 Å². The third-order valence-corrected chi connectivity index (χ3v) is 3.88. The molecule has 21 heavy (non-hydrogen) atoms. The number of carbonyl (C=O) groups is 1. The molecule has 2 atom stereocenters. The minimum atomic E-state index is 0. The highest BCUT2D eigenvalue weighted by atomic mass is 35.5. The normalized spacial score (nSPS) is 21.8. The number of carbonyl (C=O) groups excluding carboxylic acids is 1. The fourth-order valence-electron chi connectivity index (χ4n) is 2.87. The van der Waals surface area contributed by atoms with Crippen molar-refractivity contribution < 1.29 is 4.79 Å². The molecule has 3 heterocycles. The van der Waals surface area contributed by atoms with E-state index in [0.29, 0.717) is 18.5 Å². The molecule has 0 aromatic carbocycles. The first-order valence-electron chi connectivity index (χ1n) is 7.16. The van der Waals surface area contributed by atoms with Gasteiger partial charge in [-0.05, 0) is 44.0 Å². The Morgan fingerprint density at radius 3 is 3.19 bits per heavy atom. The third kappa shape index (κ3) is 3.74. The van der Waals surface area contributed by atoms with Gasteiger partial charge in [0.05, 0.1) is 6.42 Å². The highest BCUT2D eigenvalue weighted by Gasteiger charge is 2.20. The maximum atomic E-state index is 12.2. The monoisotopic (exact) mass is 308 g/mol. The Morgan fingerprint density at radius 1 is 1.52 bits per heavy atom. The predicted octanol–water partition coefficient (Wildman–Crippen LogP) is 1.78. The van der Waals surface area contributed by atoms with Gasteiger partial charge in [-0.1, -0.05) is 0 Å². The molecule has 3 rings (SSSR count). The van der Waals surface area contributed by atoms with E-state index in [1.165, 1.54) is 0 Å². The number of fused-ring (bicyclic) bond motifs is 1. The zero-order valence-electron chi connectivity index (χ0n) is 12.1. The van der Waals surface area contributed by atoms with Crippen LogP contribution in [0.4, 0.5) is 0 Å². The number of amides is 1. The van der Waals surface area contributed by atoms with Crippen molar-refractivity contribution in [2.75, 3.05) is 6.54 Å². The van der Waals surface area contributed by atoms with Crippen LogP contribution in [0, 0.1) is 0 Å². The zero-order chi connectivity index (χ0) is 13.9. The molecule has 2 aromatic heterocycles. The Hall–Kier alpha value is -1.59. The fraction of sp³-hybridized carbons (Fsp3) is 0.467. The summed E-state index contributed by atoms with van der Waals surface area (Å²) in [5, 5.41) is 7.56. The minimum Gasteiger partial charge on any atom is -0.353 e. The Bertz CT molecular complexity index is 612. The molecule has 6 heteroatoms. The summed E-state index contributed by atoms with van der Waals surface area (Å²) in [5.41, 5.74) is 1.85. The Balaban J connectivity index is 0.00000161. The average Bonchev–Trinajstić information content (AvgIpc) is 2.82. The van der Waals surface area contributed by atoms with E-state index in [2.05, 4.69) is 27.5 Å². The lowest BCUT2D eigenvalue weighted by Crippen LogP contribution is -2.46. The van der Waals surface area contributed by atoms with Crippen molar-refractivity contribution in [3.63, 3.8) is 0 Å². The first-order valence-corrected chi connectivity index (χ1v) is 7.16. The number of nitrogens with zero attached hydrogens (tertiary/aromatic N) is 1. The maximum Gasteiger partial charge on any atom is 0.224 e. The standard InChI is InChI=1S/C15H20N4O.ClH/c1-10-7-12(4-6-16-10)19-14(20)8-11-9-18-15-13(11)3-2-5-17-15;/h2-3,5,9-10,12,16H,4,6-8H2,1H3,(H,17,18)(H,19,20);1H. The van der Waals surface area contributed by atoms with Crippen molar-refractivity contribution in [1.82, 2.24) is 20.6 Å². The van der Waals surface area contributed by atoms with Crippen LogP contribution in [0.3, 0.4) is 0 Å². The maximum absolute atomic E-state index is 12.2. The molecule has 3 N–H and O–H groups in total. The summed E-state index contributed by atoms with van der Waals surface area (Å²) < 4.78 is 0. The van der Waals surface area contributed by atoms with Crippen LogP contribution in [0.1, 0.15) is 25.3 Å². The van der Waals surface area contributed by atoms with Gasteiger partial charge >= 0.3 is 0 Å². The quantitative estimate of drug-likeness (QED) is 0.809. The number of halogens is 1. The molecule has 1 saturated heterocycles. The summed E-state index contributed by atoms with van der Waals surface area (Å²) >= 11 is 0. The van der Waals surface area contributed by atoms with E-state index in [-0.39, 0.29) is 18.3 Å². The van der Waals surface area contributed by atoms with Crippen molar-refractivity contribution in [1.29, 1.82) is 0 Å². The SMILES string of the molecule is CC1CC(NC(=O)Cc2c[nH]c3ncccc23)CCN1.Cl. The molecule has 1 aliphatic heterocycles. The second kappa shape index (κ2) is 6.91. The Kier molecular flexibility index (Phi) is 5.20. The number of H-pyrrole nitrogens is 1. The minimum absolute atomic E-state index is 0. The molecule has 0 aliphatic carbocycles. The van der Waals surface area contributed by atoms with Crippen LogP contribution in [0.25, 0.3) is 11.0 Å². The van der Waals surface area contributed by atoms with Gasteiger partial charge in [0, 0.05) is 29.9 Å². The number of aromatic amines is 1. The first-order chi connectivity index (χ1) is 9.72. The van der Waals surface area contributed by atoms with E-state index in [0.717, 1.165) is 36.0 Å². The van der Waals surface area contributed by atoms with Gasteiger partial charge in [-0.3, -0.25) is 4.79 Å². The summed E-state index contributed by atoms with van der Waals surface area (Å²) in [7, 11) is 0. The Morgan fingerprint density at radius 2 is 2.38 bits per heavy atom. The van der Waals surface area contributed by atoms with Crippen molar-refractivity contribution in [3.05, 3.63) is 30.1 Å². The smallest absolute Gasteiger partial charge is 0.224 e. The third-order valence-electron chi connectivity index (χ3n) is 3.88. The summed E-state index contributed by atoms with van der Waals surface area (Å²) in [6.07, 6.45) is 6.04. The van der Waals surface area contributed by atoms with Gasteiger partial charge in [0.2, 0.25) is 5.91 Å². The van der Waals surface area contributed by atoms with Crippen LogP contribution in [-0.2, 0) is 11.2 Å². The molecular formula is C15H21ClN4O. The highest BCUT2D eigenvalue weighted by molar-refractivity contribution is 5.87. The van der Waals surface area contributed by atoms with Crippen LogP contribution in [0.2, 0.25) is 0 Å². The highest BCUT2D eigenvalue weighted by Crippen LogP contribution is 2.16. The first kappa shape index (κ1) is 15.8. The van der Waals surface area contributed by atoms with E-state index in [4.69, 9.17) is 0 Å². The molecule has 0 saturated carbocycles. The lowest BCUT2D eigenvalue weighted by atomic mass is 10.0. The molecular weight excluding hydrogens is 288 g/mol. The number of hydrogen-bond acceptors (Lipinski definition) is 3. The number of piperidine rings is 1. The fourth-order valence-corrected chi connectivity index (χ4v) is 2.87. The molecule has 1 aliphatic rings. The lowest BCUT2D eigenvalue weighted by Gasteiger charge is -2.28. The summed E-state index contributed by atoms with van der Waals surface area (Å²) in [5.74, 6) is 0.0915. The predicted molar refractivity (Wildman–Crippen MR) is 85.7 cm³/mol. The molecule has 1 amide bonds. The number of rotatable bonds is 3. The van der Waals surface area contributed by atoms with Crippen molar-refractivity contribution >= 4 is 29.3 Å². The molecule has 2 aromatic rings. The number of nitrogens with one attached hydrogen (secondary N) is 3. The van der Waals surface area contributed by atoms with Gasteiger partial charge in [0.1, 0.15) is 5.65 Å². The molecule has 0 bridgehead atoms. The molecule has 0 spiro atoms. The van der Waals surface area contributed by atoms with Crippen LogP contribution in [-0.4, -0.2) is 34.5 Å². The topological polar surface area (TPSA) is 69.8 Å². The number of pyridine rings is 1. The average molecular weight is 309 g/mol. The van der Waals surface area contributed by atoms with E-state index < -0.39 is 0 Å². The van der Waals surface area contributed by atoms with E-state index in [9.17, 15) is 4.79 Å². The number of hydrogen-bond donors (Lipinski definition) is 3. The van der Waals surface area contributed by atoms with Gasteiger partial charge < -0.3 is 15.6 Å². The van der Waals surface area contributed by atoms with Gasteiger partial charge in [0.15, 0.2) is 0 Å². The van der Waals surface area contributed by atoms with Crippen LogP contribution in [0.5, 0.6) is 0 Å². The summed E-state index contributed by atoms with van der Waals surface area (Å²) in [6.45, 7) is 3.13. The van der Waals surface area contributed by atoms with Crippen LogP contribution in [0.15, 0.2) is 24.5 Å². The van der Waals surface area contributed by atoms with Crippen molar-refractivity contribution in [3.8, 4) is 0 Å². The van der Waals surface area contributed by atoms with Gasteiger partial charge in [-0.2, -0.15) is 0 Å². The van der Waals surface area contributed by atoms with E-state index >= 15 is 0 Å². The van der Waals surface area contributed by atoms with Gasteiger partial charge in [-0.25, -0.2) is 4.98 Å². The molecule has 1 fully saturated rings. The summed E-state index contributed by atoms with van der Waals surface area (Å²) in [6, 6.07) is 4.66. The van der Waals surface area contributed by atoms with Crippen molar-refractivity contribution in [2.45, 2.75) is 38.3 Å². The second-order valence-corrected chi connectivity index (χ2v) is 5.53. The molecule has 114 valence electrons. The zero-order valence-corrected chi connectivity index (χ0v) is 12.9. The van der Waals surface area contributed by atoms with Gasteiger partial charge in [-0.15, -0.1) is 12.4 Å². The largest absolute Gasteiger partial charge is 0.353 e. The molecule has 5 nitrogen and oxygen atoms in total. The number of aromatic nitrogens is 2. The van der Waals surface area contributed by atoms with E-state index in [1.807, 2.05) is 18.3 Å². The Labute approximate surface area is 130 Å². The van der Waals surface area contributed by atoms with Crippen molar-refractivity contribution in [2.24, 2.45) is 0 Å². The van der Waals surface area contributed by atoms with E-state index in [1.54, 1.807) is 6.20 Å². The summed E-state index contributed by atoms with van der Waals surface area (Å²) in [4.78, 5) is 19.5.